The van der Waals surface area contributed by atoms with Crippen LogP contribution < -0.4 is 11.1 Å². The van der Waals surface area contributed by atoms with Crippen LogP contribution in [0.25, 0.3) is 10.9 Å². The molecule has 0 fully saturated rings. The third kappa shape index (κ3) is 3.12. The number of aryl methyl sites for hydroxylation is 1. The summed E-state index contributed by atoms with van der Waals surface area (Å²) in [6.45, 7) is 0.740. The standard InChI is InChI=1S/C12H17N5.HI/c1-14-12(13)15-8-7-10-9-5-3-4-6-11(9)17(2)16-10;/h3-6H,7-8H2,1-2H3,(H3,13,14,15);1H. The zero-order valence-corrected chi connectivity index (χ0v) is 12.9. The summed E-state index contributed by atoms with van der Waals surface area (Å²) in [5.41, 5.74) is 7.80. The fourth-order valence-electron chi connectivity index (χ4n) is 1.86. The van der Waals surface area contributed by atoms with Crippen molar-refractivity contribution in [1.82, 2.24) is 15.1 Å². The lowest BCUT2D eigenvalue weighted by molar-refractivity contribution is 0.748. The van der Waals surface area contributed by atoms with Crippen molar-refractivity contribution < 1.29 is 0 Å². The van der Waals surface area contributed by atoms with E-state index in [4.69, 9.17) is 5.73 Å². The number of nitrogens with one attached hydrogen (secondary N) is 1. The lowest BCUT2D eigenvalue weighted by Crippen LogP contribution is -2.32. The summed E-state index contributed by atoms with van der Waals surface area (Å²) >= 11 is 0. The highest BCUT2D eigenvalue weighted by atomic mass is 127. The van der Waals surface area contributed by atoms with Gasteiger partial charge in [-0.05, 0) is 6.07 Å². The van der Waals surface area contributed by atoms with Crippen molar-refractivity contribution in [3.63, 3.8) is 0 Å². The number of guanidine groups is 1. The van der Waals surface area contributed by atoms with Crippen molar-refractivity contribution >= 4 is 40.8 Å². The second-order valence-electron chi connectivity index (χ2n) is 3.87. The molecular formula is C12H18IN5. The Bertz CT molecular complexity index is 546. The number of nitrogens with two attached hydrogens (primary N) is 1. The predicted molar refractivity (Wildman–Crippen MR) is 85.4 cm³/mol. The molecule has 18 heavy (non-hydrogen) atoms. The lowest BCUT2D eigenvalue weighted by Gasteiger charge is -2.02. The Labute approximate surface area is 123 Å². The van der Waals surface area contributed by atoms with Crippen molar-refractivity contribution in [2.24, 2.45) is 17.8 Å². The fraction of sp³-hybridized carbons (Fsp3) is 0.333. The Morgan fingerprint density at radius 1 is 1.44 bits per heavy atom. The average Bonchev–Trinajstić information content (AvgIpc) is 2.67. The Morgan fingerprint density at radius 2 is 2.17 bits per heavy atom. The van der Waals surface area contributed by atoms with Crippen molar-refractivity contribution in [3.8, 4) is 0 Å². The van der Waals surface area contributed by atoms with Crippen molar-refractivity contribution in [3.05, 3.63) is 30.0 Å². The summed E-state index contributed by atoms with van der Waals surface area (Å²) < 4.78 is 1.90. The largest absolute Gasteiger partial charge is 0.370 e. The topological polar surface area (TPSA) is 68.2 Å². The molecule has 98 valence electrons. The first-order valence-electron chi connectivity index (χ1n) is 5.59. The zero-order valence-electron chi connectivity index (χ0n) is 10.6. The predicted octanol–water partition coefficient (Wildman–Crippen LogP) is 1.27. The molecule has 0 spiro atoms. The number of aliphatic imine (C=N–C) groups is 1. The quantitative estimate of drug-likeness (QED) is 0.493. The van der Waals surface area contributed by atoms with E-state index in [1.54, 1.807) is 7.05 Å². The third-order valence-corrected chi connectivity index (χ3v) is 2.74. The minimum absolute atomic E-state index is 0. The van der Waals surface area contributed by atoms with E-state index in [0.29, 0.717) is 5.96 Å². The molecule has 0 aliphatic heterocycles. The first kappa shape index (κ1) is 14.7. The summed E-state index contributed by atoms with van der Waals surface area (Å²) in [6.07, 6.45) is 0.831. The first-order chi connectivity index (χ1) is 8.22. The van der Waals surface area contributed by atoms with E-state index in [1.807, 2.05) is 23.9 Å². The molecule has 0 radical (unpaired) electrons. The van der Waals surface area contributed by atoms with Crippen LogP contribution in [0.15, 0.2) is 29.3 Å². The molecule has 1 aromatic heterocycles. The van der Waals surface area contributed by atoms with Gasteiger partial charge in [0.05, 0.1) is 11.2 Å². The second-order valence-corrected chi connectivity index (χ2v) is 3.87. The summed E-state index contributed by atoms with van der Waals surface area (Å²) in [5, 5.41) is 8.74. The minimum Gasteiger partial charge on any atom is -0.370 e. The van der Waals surface area contributed by atoms with E-state index in [-0.39, 0.29) is 24.0 Å². The van der Waals surface area contributed by atoms with Crippen LogP contribution in [0.2, 0.25) is 0 Å². The molecule has 1 heterocycles. The number of para-hydroxylation sites is 1. The molecule has 3 N–H and O–H groups in total. The van der Waals surface area contributed by atoms with Gasteiger partial charge in [0.15, 0.2) is 5.96 Å². The molecule has 2 aromatic rings. The van der Waals surface area contributed by atoms with Crippen LogP contribution >= 0.6 is 24.0 Å². The monoisotopic (exact) mass is 359 g/mol. The van der Waals surface area contributed by atoms with Gasteiger partial charge in [-0.15, -0.1) is 24.0 Å². The number of nitrogens with zero attached hydrogens (tertiary/aromatic N) is 3. The van der Waals surface area contributed by atoms with Gasteiger partial charge >= 0.3 is 0 Å². The van der Waals surface area contributed by atoms with Gasteiger partial charge in [-0.3, -0.25) is 9.67 Å². The molecule has 0 aliphatic carbocycles. The Morgan fingerprint density at radius 3 is 2.89 bits per heavy atom. The molecule has 5 nitrogen and oxygen atoms in total. The van der Waals surface area contributed by atoms with Gasteiger partial charge < -0.3 is 11.1 Å². The average molecular weight is 359 g/mol. The van der Waals surface area contributed by atoms with Crippen molar-refractivity contribution in [2.75, 3.05) is 13.6 Å². The molecule has 0 saturated carbocycles. The maximum absolute atomic E-state index is 5.57. The van der Waals surface area contributed by atoms with E-state index in [1.165, 1.54) is 5.39 Å². The Hall–Kier alpha value is -1.31. The number of rotatable bonds is 3. The normalized spacial score (nSPS) is 11.3. The smallest absolute Gasteiger partial charge is 0.188 e. The van der Waals surface area contributed by atoms with Crippen LogP contribution in [-0.4, -0.2) is 29.3 Å². The highest BCUT2D eigenvalue weighted by Crippen LogP contribution is 2.17. The van der Waals surface area contributed by atoms with Gasteiger partial charge in [-0.25, -0.2) is 0 Å². The third-order valence-electron chi connectivity index (χ3n) is 2.74. The zero-order chi connectivity index (χ0) is 12.3. The molecule has 0 amide bonds. The summed E-state index contributed by atoms with van der Waals surface area (Å²) in [5.74, 6) is 0.463. The second kappa shape index (κ2) is 6.58. The van der Waals surface area contributed by atoms with Crippen molar-refractivity contribution in [2.45, 2.75) is 6.42 Å². The summed E-state index contributed by atoms with van der Waals surface area (Å²) in [4.78, 5) is 3.84. The van der Waals surface area contributed by atoms with E-state index < -0.39 is 0 Å². The molecule has 6 heteroatoms. The van der Waals surface area contributed by atoms with E-state index in [2.05, 4.69) is 27.5 Å². The van der Waals surface area contributed by atoms with Gasteiger partial charge in [0.2, 0.25) is 0 Å². The molecular weight excluding hydrogens is 341 g/mol. The molecule has 2 rings (SSSR count). The maximum Gasteiger partial charge on any atom is 0.188 e. The molecule has 0 saturated heterocycles. The number of fused-ring (bicyclic) bond motifs is 1. The van der Waals surface area contributed by atoms with E-state index in [0.717, 1.165) is 24.2 Å². The molecule has 0 unspecified atom stereocenters. The van der Waals surface area contributed by atoms with E-state index in [9.17, 15) is 0 Å². The highest BCUT2D eigenvalue weighted by molar-refractivity contribution is 14.0. The van der Waals surface area contributed by atoms with Crippen LogP contribution in [-0.2, 0) is 13.5 Å². The van der Waals surface area contributed by atoms with Crippen LogP contribution in [0.3, 0.4) is 0 Å². The number of aromatic nitrogens is 2. The minimum atomic E-state index is 0. The SMILES string of the molecule is CN=C(N)NCCc1nn(C)c2ccccc12.I. The number of halogens is 1. The van der Waals surface area contributed by atoms with Crippen LogP contribution in [0.1, 0.15) is 5.69 Å². The van der Waals surface area contributed by atoms with Gasteiger partial charge in [0, 0.05) is 32.4 Å². The van der Waals surface area contributed by atoms with Gasteiger partial charge in [0.1, 0.15) is 0 Å². The van der Waals surface area contributed by atoms with Crippen molar-refractivity contribution in [1.29, 1.82) is 0 Å². The number of hydrogen-bond donors (Lipinski definition) is 2. The summed E-state index contributed by atoms with van der Waals surface area (Å²) in [7, 11) is 3.62. The van der Waals surface area contributed by atoms with Gasteiger partial charge in [-0.2, -0.15) is 5.10 Å². The molecule has 0 bridgehead atoms. The molecule has 0 atom stereocenters. The fourth-order valence-corrected chi connectivity index (χ4v) is 1.86. The van der Waals surface area contributed by atoms with E-state index >= 15 is 0 Å². The molecule has 0 aliphatic rings. The van der Waals surface area contributed by atoms with Crippen LogP contribution in [0, 0.1) is 0 Å². The maximum atomic E-state index is 5.57. The highest BCUT2D eigenvalue weighted by Gasteiger charge is 2.06. The van der Waals surface area contributed by atoms with Gasteiger partial charge in [-0.1, -0.05) is 18.2 Å². The summed E-state index contributed by atoms with van der Waals surface area (Å²) in [6, 6.07) is 8.21. The van der Waals surface area contributed by atoms with Gasteiger partial charge in [0.25, 0.3) is 0 Å². The van der Waals surface area contributed by atoms with Crippen LogP contribution in [0.4, 0.5) is 0 Å². The number of benzene rings is 1. The molecule has 1 aromatic carbocycles. The Kier molecular flexibility index (Phi) is 5.39. The first-order valence-corrected chi connectivity index (χ1v) is 5.59. The number of hydrogen-bond acceptors (Lipinski definition) is 2. The van der Waals surface area contributed by atoms with Crippen LogP contribution in [0.5, 0.6) is 0 Å². The Balaban J connectivity index is 0.00000162. The lowest BCUT2D eigenvalue weighted by atomic mass is 10.2.